The summed E-state index contributed by atoms with van der Waals surface area (Å²) in [5.74, 6) is 0.142. The topological polar surface area (TPSA) is 46.5 Å². The lowest BCUT2D eigenvalue weighted by atomic mass is 9.95. The van der Waals surface area contributed by atoms with E-state index in [4.69, 9.17) is 9.84 Å². The second-order valence-corrected chi connectivity index (χ2v) is 3.92. The summed E-state index contributed by atoms with van der Waals surface area (Å²) in [5, 5.41) is 8.75. The van der Waals surface area contributed by atoms with Crippen molar-refractivity contribution < 1.29 is 14.6 Å². The lowest BCUT2D eigenvalue weighted by molar-refractivity contribution is -0.137. The van der Waals surface area contributed by atoms with Crippen molar-refractivity contribution in [2.45, 2.75) is 32.6 Å². The first kappa shape index (κ1) is 12.6. The normalized spacial score (nSPS) is 12.2. The average Bonchev–Trinajstić information content (AvgIpc) is 2.27. The van der Waals surface area contributed by atoms with Crippen LogP contribution in [0, 0.1) is 0 Å². The molecule has 1 N–H and O–H groups in total. The van der Waals surface area contributed by atoms with E-state index in [2.05, 4.69) is 6.92 Å². The lowest BCUT2D eigenvalue weighted by Gasteiger charge is -2.13. The molecule has 1 unspecified atom stereocenters. The third kappa shape index (κ3) is 2.99. The molecule has 3 heteroatoms. The summed E-state index contributed by atoms with van der Waals surface area (Å²) in [6.07, 6.45) is 1.05. The van der Waals surface area contributed by atoms with Crippen molar-refractivity contribution in [1.29, 1.82) is 0 Å². The molecule has 0 bridgehead atoms. The van der Waals surface area contributed by atoms with Gasteiger partial charge >= 0.3 is 5.97 Å². The minimum atomic E-state index is -0.763. The molecule has 0 aromatic heterocycles. The summed E-state index contributed by atoms with van der Waals surface area (Å²) in [7, 11) is 1.65. The second kappa shape index (κ2) is 5.54. The number of hydrogen-bond donors (Lipinski definition) is 1. The average molecular weight is 222 g/mol. The van der Waals surface area contributed by atoms with Gasteiger partial charge in [0.15, 0.2) is 0 Å². The molecule has 0 aliphatic carbocycles. The SMILES string of the molecule is CCc1cc(C(C)CC(=O)O)ccc1OC. The summed E-state index contributed by atoms with van der Waals surface area (Å²) in [6.45, 7) is 3.98. The quantitative estimate of drug-likeness (QED) is 0.833. The van der Waals surface area contributed by atoms with Crippen LogP contribution in [0.5, 0.6) is 5.75 Å². The van der Waals surface area contributed by atoms with Crippen molar-refractivity contribution in [2.24, 2.45) is 0 Å². The van der Waals surface area contributed by atoms with E-state index in [1.807, 2.05) is 25.1 Å². The highest BCUT2D eigenvalue weighted by Crippen LogP contribution is 2.26. The van der Waals surface area contributed by atoms with Gasteiger partial charge in [-0.2, -0.15) is 0 Å². The molecule has 0 saturated heterocycles. The number of carboxylic acids is 1. The van der Waals surface area contributed by atoms with Crippen LogP contribution < -0.4 is 4.74 Å². The van der Waals surface area contributed by atoms with E-state index in [-0.39, 0.29) is 12.3 Å². The van der Waals surface area contributed by atoms with E-state index in [1.165, 1.54) is 0 Å². The zero-order valence-corrected chi connectivity index (χ0v) is 9.99. The van der Waals surface area contributed by atoms with E-state index in [0.29, 0.717) is 0 Å². The van der Waals surface area contributed by atoms with Crippen LogP contribution in [0.1, 0.15) is 37.3 Å². The predicted octanol–water partition coefficient (Wildman–Crippen LogP) is 2.84. The Morgan fingerprint density at radius 2 is 2.19 bits per heavy atom. The van der Waals surface area contributed by atoms with Crippen LogP contribution in [0.4, 0.5) is 0 Å². The molecule has 0 aliphatic rings. The summed E-state index contributed by atoms with van der Waals surface area (Å²) >= 11 is 0. The molecule has 3 nitrogen and oxygen atoms in total. The van der Waals surface area contributed by atoms with Crippen molar-refractivity contribution in [2.75, 3.05) is 7.11 Å². The van der Waals surface area contributed by atoms with Gasteiger partial charge in [0.25, 0.3) is 0 Å². The van der Waals surface area contributed by atoms with E-state index >= 15 is 0 Å². The number of aryl methyl sites for hydroxylation is 1. The monoisotopic (exact) mass is 222 g/mol. The fourth-order valence-electron chi connectivity index (χ4n) is 1.76. The van der Waals surface area contributed by atoms with Gasteiger partial charge in [-0.25, -0.2) is 0 Å². The number of benzene rings is 1. The zero-order chi connectivity index (χ0) is 12.1. The van der Waals surface area contributed by atoms with Crippen LogP contribution >= 0.6 is 0 Å². The molecule has 1 aromatic carbocycles. The van der Waals surface area contributed by atoms with Gasteiger partial charge in [-0.15, -0.1) is 0 Å². The van der Waals surface area contributed by atoms with Crippen molar-refractivity contribution >= 4 is 5.97 Å². The summed E-state index contributed by atoms with van der Waals surface area (Å²) in [6, 6.07) is 5.88. The Labute approximate surface area is 96.1 Å². The van der Waals surface area contributed by atoms with Crippen LogP contribution in [0.25, 0.3) is 0 Å². The smallest absolute Gasteiger partial charge is 0.303 e. The molecule has 0 heterocycles. The Hall–Kier alpha value is -1.51. The maximum atomic E-state index is 10.6. The minimum Gasteiger partial charge on any atom is -0.496 e. The predicted molar refractivity (Wildman–Crippen MR) is 63.0 cm³/mol. The molecular weight excluding hydrogens is 204 g/mol. The molecule has 0 fully saturated rings. The van der Waals surface area contributed by atoms with Gasteiger partial charge in [0.2, 0.25) is 0 Å². The lowest BCUT2D eigenvalue weighted by Crippen LogP contribution is -2.03. The van der Waals surface area contributed by atoms with Crippen molar-refractivity contribution in [3.8, 4) is 5.75 Å². The van der Waals surface area contributed by atoms with Crippen LogP contribution in [-0.4, -0.2) is 18.2 Å². The van der Waals surface area contributed by atoms with Gasteiger partial charge in [-0.05, 0) is 29.5 Å². The first-order chi connectivity index (χ1) is 7.58. The highest BCUT2D eigenvalue weighted by atomic mass is 16.5. The summed E-state index contributed by atoms with van der Waals surface area (Å²) in [4.78, 5) is 10.6. The number of methoxy groups -OCH3 is 1. The molecule has 0 aliphatic heterocycles. The van der Waals surface area contributed by atoms with Gasteiger partial charge in [0.1, 0.15) is 5.75 Å². The third-order valence-electron chi connectivity index (χ3n) is 2.74. The summed E-state index contributed by atoms with van der Waals surface area (Å²) in [5.41, 5.74) is 2.18. The van der Waals surface area contributed by atoms with Crippen molar-refractivity contribution in [1.82, 2.24) is 0 Å². The number of hydrogen-bond acceptors (Lipinski definition) is 2. The maximum Gasteiger partial charge on any atom is 0.303 e. The van der Waals surface area contributed by atoms with Gasteiger partial charge in [0, 0.05) is 0 Å². The van der Waals surface area contributed by atoms with Gasteiger partial charge < -0.3 is 9.84 Å². The fourth-order valence-corrected chi connectivity index (χ4v) is 1.76. The Balaban J connectivity index is 2.93. The van der Waals surface area contributed by atoms with Crippen molar-refractivity contribution in [3.63, 3.8) is 0 Å². The number of rotatable bonds is 5. The van der Waals surface area contributed by atoms with Gasteiger partial charge in [-0.1, -0.05) is 26.0 Å². The minimum absolute atomic E-state index is 0.0358. The Morgan fingerprint density at radius 1 is 1.50 bits per heavy atom. The van der Waals surface area contributed by atoms with E-state index < -0.39 is 5.97 Å². The van der Waals surface area contributed by atoms with Crippen LogP contribution in [0.3, 0.4) is 0 Å². The van der Waals surface area contributed by atoms with Crippen molar-refractivity contribution in [3.05, 3.63) is 29.3 Å². The molecule has 0 spiro atoms. The van der Waals surface area contributed by atoms with Crippen LogP contribution in [0.2, 0.25) is 0 Å². The first-order valence-corrected chi connectivity index (χ1v) is 5.47. The Bertz CT molecular complexity index is 371. The first-order valence-electron chi connectivity index (χ1n) is 5.47. The number of aliphatic carboxylic acids is 1. The molecule has 0 radical (unpaired) electrons. The highest BCUT2D eigenvalue weighted by Gasteiger charge is 2.12. The zero-order valence-electron chi connectivity index (χ0n) is 9.99. The molecule has 0 amide bonds. The van der Waals surface area contributed by atoms with Gasteiger partial charge in [0.05, 0.1) is 13.5 Å². The summed E-state index contributed by atoms with van der Waals surface area (Å²) < 4.78 is 5.24. The van der Waals surface area contributed by atoms with Gasteiger partial charge in [-0.3, -0.25) is 4.79 Å². The standard InChI is InChI=1S/C13H18O3/c1-4-10-8-11(5-6-12(10)16-3)9(2)7-13(14)15/h5-6,8-9H,4,7H2,1-3H3,(H,14,15). The Kier molecular flexibility index (Phi) is 4.35. The fraction of sp³-hybridized carbons (Fsp3) is 0.462. The van der Waals surface area contributed by atoms with E-state index in [1.54, 1.807) is 7.11 Å². The largest absolute Gasteiger partial charge is 0.496 e. The maximum absolute atomic E-state index is 10.6. The molecule has 88 valence electrons. The van der Waals surface area contributed by atoms with Crippen LogP contribution in [-0.2, 0) is 11.2 Å². The number of carbonyl (C=O) groups is 1. The molecule has 1 rings (SSSR count). The number of ether oxygens (including phenoxy) is 1. The molecular formula is C13H18O3. The molecule has 0 saturated carbocycles. The van der Waals surface area contributed by atoms with E-state index in [9.17, 15) is 4.79 Å². The molecule has 1 aromatic rings. The molecule has 1 atom stereocenters. The Morgan fingerprint density at radius 3 is 2.69 bits per heavy atom. The van der Waals surface area contributed by atoms with Crippen LogP contribution in [0.15, 0.2) is 18.2 Å². The number of carboxylic acid groups (broad SMARTS) is 1. The van der Waals surface area contributed by atoms with E-state index in [0.717, 1.165) is 23.3 Å². The highest BCUT2D eigenvalue weighted by molar-refractivity contribution is 5.68. The second-order valence-electron chi connectivity index (χ2n) is 3.92. The molecule has 16 heavy (non-hydrogen) atoms. The third-order valence-corrected chi connectivity index (χ3v) is 2.74.